The number of aromatic nitrogens is 1. The van der Waals surface area contributed by atoms with E-state index in [0.717, 1.165) is 12.1 Å². The SMILES string of the molecule is O=C(O)c1cccc(Nc2cc(C(F)(F)F)ccc2Br)n1. The Kier molecular flexibility index (Phi) is 4.17. The van der Waals surface area contributed by atoms with E-state index in [1.807, 2.05) is 0 Å². The number of pyridine rings is 1. The summed E-state index contributed by atoms with van der Waals surface area (Å²) in [6.45, 7) is 0. The molecule has 2 aromatic rings. The van der Waals surface area contributed by atoms with Gasteiger partial charge in [0.2, 0.25) is 0 Å². The molecule has 1 aromatic heterocycles. The molecule has 4 nitrogen and oxygen atoms in total. The highest BCUT2D eigenvalue weighted by atomic mass is 79.9. The Morgan fingerprint density at radius 2 is 1.95 bits per heavy atom. The van der Waals surface area contributed by atoms with Crippen molar-refractivity contribution in [2.75, 3.05) is 5.32 Å². The van der Waals surface area contributed by atoms with E-state index >= 15 is 0 Å². The van der Waals surface area contributed by atoms with Crippen LogP contribution in [0.15, 0.2) is 40.9 Å². The summed E-state index contributed by atoms with van der Waals surface area (Å²) in [7, 11) is 0. The molecule has 0 atom stereocenters. The molecule has 0 fully saturated rings. The molecule has 0 aliphatic carbocycles. The molecule has 0 aliphatic heterocycles. The van der Waals surface area contributed by atoms with E-state index in [2.05, 4.69) is 26.2 Å². The number of halogens is 4. The van der Waals surface area contributed by atoms with Gasteiger partial charge in [0.25, 0.3) is 0 Å². The normalized spacial score (nSPS) is 11.2. The first kappa shape index (κ1) is 15.3. The molecule has 0 radical (unpaired) electrons. The van der Waals surface area contributed by atoms with Crippen LogP contribution in [0.3, 0.4) is 0 Å². The smallest absolute Gasteiger partial charge is 0.416 e. The Bertz CT molecular complexity index is 689. The summed E-state index contributed by atoms with van der Waals surface area (Å²) in [6, 6.07) is 7.30. The van der Waals surface area contributed by atoms with Crippen LogP contribution in [0.2, 0.25) is 0 Å². The fraction of sp³-hybridized carbons (Fsp3) is 0.0769. The molecular weight excluding hydrogens is 353 g/mol. The zero-order valence-corrected chi connectivity index (χ0v) is 11.9. The number of anilines is 2. The summed E-state index contributed by atoms with van der Waals surface area (Å²) >= 11 is 3.13. The second-order valence-electron chi connectivity index (χ2n) is 4.03. The molecule has 1 aromatic carbocycles. The summed E-state index contributed by atoms with van der Waals surface area (Å²) in [6.07, 6.45) is -4.46. The number of nitrogens with one attached hydrogen (secondary N) is 1. The van der Waals surface area contributed by atoms with Gasteiger partial charge in [0.05, 0.1) is 11.3 Å². The topological polar surface area (TPSA) is 62.2 Å². The first-order valence-electron chi connectivity index (χ1n) is 5.61. The molecule has 21 heavy (non-hydrogen) atoms. The van der Waals surface area contributed by atoms with Crippen LogP contribution < -0.4 is 5.32 Å². The van der Waals surface area contributed by atoms with Gasteiger partial charge < -0.3 is 10.4 Å². The van der Waals surface area contributed by atoms with Crippen LogP contribution in [0.1, 0.15) is 16.1 Å². The van der Waals surface area contributed by atoms with E-state index in [1.54, 1.807) is 0 Å². The molecule has 1 heterocycles. The number of aromatic carboxylic acids is 1. The summed E-state index contributed by atoms with van der Waals surface area (Å²) in [4.78, 5) is 14.6. The molecule has 8 heteroatoms. The van der Waals surface area contributed by atoms with Crippen molar-refractivity contribution < 1.29 is 23.1 Å². The summed E-state index contributed by atoms with van der Waals surface area (Å²) < 4.78 is 38.4. The van der Waals surface area contributed by atoms with Crippen molar-refractivity contribution in [1.82, 2.24) is 4.98 Å². The molecule has 0 unspecified atom stereocenters. The molecule has 0 saturated carbocycles. The first-order valence-corrected chi connectivity index (χ1v) is 6.41. The van der Waals surface area contributed by atoms with Crippen molar-refractivity contribution in [3.63, 3.8) is 0 Å². The number of carbonyl (C=O) groups is 1. The van der Waals surface area contributed by atoms with Gasteiger partial charge in [-0.1, -0.05) is 6.07 Å². The van der Waals surface area contributed by atoms with Gasteiger partial charge in [-0.25, -0.2) is 9.78 Å². The maximum Gasteiger partial charge on any atom is 0.416 e. The molecule has 0 aliphatic rings. The Balaban J connectivity index is 2.35. The molecule has 0 bridgehead atoms. The highest BCUT2D eigenvalue weighted by Gasteiger charge is 2.30. The van der Waals surface area contributed by atoms with E-state index in [-0.39, 0.29) is 17.2 Å². The maximum absolute atomic E-state index is 12.7. The van der Waals surface area contributed by atoms with Gasteiger partial charge in [0.15, 0.2) is 5.69 Å². The van der Waals surface area contributed by atoms with Crippen molar-refractivity contribution in [3.05, 3.63) is 52.1 Å². The lowest BCUT2D eigenvalue weighted by Crippen LogP contribution is -2.06. The predicted octanol–water partition coefficient (Wildman–Crippen LogP) is 4.30. The molecule has 0 amide bonds. The second kappa shape index (κ2) is 5.72. The van der Waals surface area contributed by atoms with Gasteiger partial charge in [-0.05, 0) is 46.3 Å². The van der Waals surface area contributed by atoms with E-state index in [0.29, 0.717) is 4.47 Å². The third-order valence-corrected chi connectivity index (χ3v) is 3.22. The van der Waals surface area contributed by atoms with E-state index in [1.165, 1.54) is 24.3 Å². The number of alkyl halides is 3. The van der Waals surface area contributed by atoms with Crippen LogP contribution >= 0.6 is 15.9 Å². The lowest BCUT2D eigenvalue weighted by Gasteiger charge is -2.12. The zero-order valence-electron chi connectivity index (χ0n) is 10.3. The molecule has 0 spiro atoms. The zero-order chi connectivity index (χ0) is 15.6. The molecule has 2 N–H and O–H groups in total. The van der Waals surface area contributed by atoms with Crippen LogP contribution in [0.25, 0.3) is 0 Å². The highest BCUT2D eigenvalue weighted by Crippen LogP contribution is 2.34. The Hall–Kier alpha value is -2.09. The number of hydrogen-bond acceptors (Lipinski definition) is 3. The Morgan fingerprint density at radius 3 is 2.57 bits per heavy atom. The highest BCUT2D eigenvalue weighted by molar-refractivity contribution is 9.10. The molecular formula is C13H8BrF3N2O2. The fourth-order valence-electron chi connectivity index (χ4n) is 1.56. The summed E-state index contributed by atoms with van der Waals surface area (Å²) in [5.74, 6) is -1.09. The molecule has 2 rings (SSSR count). The van der Waals surface area contributed by atoms with Crippen molar-refractivity contribution in [2.45, 2.75) is 6.18 Å². The maximum atomic E-state index is 12.7. The van der Waals surface area contributed by atoms with Gasteiger partial charge in [-0.15, -0.1) is 0 Å². The standard InChI is InChI=1S/C13H8BrF3N2O2/c14-8-5-4-7(13(15,16)17)6-10(8)19-11-3-1-2-9(18-11)12(20)21/h1-6H,(H,18,19)(H,20,21). The lowest BCUT2D eigenvalue weighted by molar-refractivity contribution is -0.137. The number of nitrogens with zero attached hydrogens (tertiary/aromatic N) is 1. The van der Waals surface area contributed by atoms with E-state index < -0.39 is 17.7 Å². The average Bonchev–Trinajstić information content (AvgIpc) is 2.40. The van der Waals surface area contributed by atoms with Crippen molar-refractivity contribution in [2.24, 2.45) is 0 Å². The van der Waals surface area contributed by atoms with Gasteiger partial charge in [-0.3, -0.25) is 0 Å². The van der Waals surface area contributed by atoms with E-state index in [9.17, 15) is 18.0 Å². The van der Waals surface area contributed by atoms with Crippen LogP contribution in [0, 0.1) is 0 Å². The Morgan fingerprint density at radius 1 is 1.24 bits per heavy atom. The molecule has 110 valence electrons. The van der Waals surface area contributed by atoms with Gasteiger partial charge >= 0.3 is 12.1 Å². The van der Waals surface area contributed by atoms with Crippen molar-refractivity contribution >= 4 is 33.4 Å². The van der Waals surface area contributed by atoms with Gasteiger partial charge in [0, 0.05) is 4.47 Å². The van der Waals surface area contributed by atoms with Crippen LogP contribution in [-0.2, 0) is 6.18 Å². The fourth-order valence-corrected chi connectivity index (χ4v) is 1.90. The second-order valence-corrected chi connectivity index (χ2v) is 4.88. The van der Waals surface area contributed by atoms with Crippen LogP contribution in [0.4, 0.5) is 24.7 Å². The predicted molar refractivity (Wildman–Crippen MR) is 73.6 cm³/mol. The van der Waals surface area contributed by atoms with Crippen LogP contribution in [0.5, 0.6) is 0 Å². The van der Waals surface area contributed by atoms with Gasteiger partial charge in [-0.2, -0.15) is 13.2 Å². The van der Waals surface area contributed by atoms with Gasteiger partial charge in [0.1, 0.15) is 5.82 Å². The number of carboxylic acids is 1. The summed E-state index contributed by atoms with van der Waals surface area (Å²) in [5, 5.41) is 11.5. The van der Waals surface area contributed by atoms with E-state index in [4.69, 9.17) is 5.11 Å². The van der Waals surface area contributed by atoms with Crippen molar-refractivity contribution in [1.29, 1.82) is 0 Å². The number of carboxylic acid groups (broad SMARTS) is 1. The Labute approximate surface area is 125 Å². The number of rotatable bonds is 3. The lowest BCUT2D eigenvalue weighted by atomic mass is 10.2. The first-order chi connectivity index (χ1) is 9.77. The number of benzene rings is 1. The molecule has 0 saturated heterocycles. The minimum atomic E-state index is -4.46. The quantitative estimate of drug-likeness (QED) is 0.856. The minimum absolute atomic E-state index is 0.134. The van der Waals surface area contributed by atoms with Crippen LogP contribution in [-0.4, -0.2) is 16.1 Å². The third-order valence-electron chi connectivity index (χ3n) is 2.52. The minimum Gasteiger partial charge on any atom is -0.477 e. The number of hydrogen-bond donors (Lipinski definition) is 2. The third kappa shape index (κ3) is 3.72. The summed E-state index contributed by atoms with van der Waals surface area (Å²) in [5.41, 5.74) is -0.884. The van der Waals surface area contributed by atoms with Crippen molar-refractivity contribution in [3.8, 4) is 0 Å². The largest absolute Gasteiger partial charge is 0.477 e. The monoisotopic (exact) mass is 360 g/mol. The average molecular weight is 361 g/mol.